The summed E-state index contributed by atoms with van der Waals surface area (Å²) in [6, 6.07) is 2.12. The van der Waals surface area contributed by atoms with Gasteiger partial charge in [0.15, 0.2) is 11.6 Å². The van der Waals surface area contributed by atoms with Gasteiger partial charge in [-0.05, 0) is 12.1 Å². The molecule has 1 heterocycles. The summed E-state index contributed by atoms with van der Waals surface area (Å²) in [5.41, 5.74) is -0.582. The third-order valence-electron chi connectivity index (χ3n) is 1.72. The van der Waals surface area contributed by atoms with Crippen LogP contribution in [0.3, 0.4) is 0 Å². The molecule has 0 saturated heterocycles. The van der Waals surface area contributed by atoms with E-state index in [4.69, 9.17) is 5.11 Å². The highest BCUT2D eigenvalue weighted by Crippen LogP contribution is 2.38. The zero-order valence-corrected chi connectivity index (χ0v) is 6.66. The highest BCUT2D eigenvalue weighted by Gasteiger charge is 2.29. The van der Waals surface area contributed by atoms with Crippen LogP contribution in [0.1, 0.15) is 10.4 Å². The Kier molecular flexibility index (Phi) is 1.77. The van der Waals surface area contributed by atoms with Gasteiger partial charge in [-0.15, -0.1) is 0 Å². The van der Waals surface area contributed by atoms with E-state index in [2.05, 4.69) is 9.47 Å². The molecule has 1 aromatic carbocycles. The molecule has 0 radical (unpaired) electrons. The first-order valence-electron chi connectivity index (χ1n) is 3.63. The summed E-state index contributed by atoms with van der Waals surface area (Å²) >= 11 is 0. The van der Waals surface area contributed by atoms with Crippen LogP contribution in [-0.2, 0) is 0 Å². The normalized spacial score (nSPS) is 18.3. The molecule has 1 aromatic rings. The van der Waals surface area contributed by atoms with Crippen LogP contribution >= 0.6 is 0 Å². The molecule has 0 bridgehead atoms. The summed E-state index contributed by atoms with van der Waals surface area (Å²) in [5.74, 6) is -3.22. The fraction of sp³-hybridized carbons (Fsp3) is 0.125. The third kappa shape index (κ3) is 1.15. The molecule has 0 spiro atoms. The number of carboxylic acid groups (broad SMARTS) is 1. The summed E-state index contributed by atoms with van der Waals surface area (Å²) in [7, 11) is 0. The van der Waals surface area contributed by atoms with Gasteiger partial charge in [-0.25, -0.2) is 9.18 Å². The Morgan fingerprint density at radius 2 is 2.14 bits per heavy atom. The Morgan fingerprint density at radius 3 is 2.79 bits per heavy atom. The molecular weight excluding hydrogens is 198 g/mol. The maximum absolute atomic E-state index is 13.2. The molecule has 1 atom stereocenters. The van der Waals surface area contributed by atoms with Gasteiger partial charge >= 0.3 is 12.5 Å². The van der Waals surface area contributed by atoms with Gasteiger partial charge in [-0.1, -0.05) is 0 Å². The first-order chi connectivity index (χ1) is 6.59. The predicted octanol–water partition coefficient (Wildman–Crippen LogP) is 1.55. The predicted molar refractivity (Wildman–Crippen MR) is 39.5 cm³/mol. The summed E-state index contributed by atoms with van der Waals surface area (Å²) in [5, 5.41) is 8.53. The van der Waals surface area contributed by atoms with Crippen LogP contribution in [0.25, 0.3) is 0 Å². The van der Waals surface area contributed by atoms with Crippen molar-refractivity contribution in [2.24, 2.45) is 0 Å². The van der Waals surface area contributed by atoms with Gasteiger partial charge in [0.05, 0.1) is 5.56 Å². The van der Waals surface area contributed by atoms with Crippen molar-refractivity contribution in [3.8, 4) is 11.5 Å². The molecule has 0 aromatic heterocycles. The van der Waals surface area contributed by atoms with Gasteiger partial charge in [0, 0.05) is 0 Å². The Hall–Kier alpha value is -1.85. The lowest BCUT2D eigenvalue weighted by Gasteiger charge is -2.00. The smallest absolute Gasteiger partial charge is 0.397 e. The summed E-state index contributed by atoms with van der Waals surface area (Å²) < 4.78 is 34.4. The molecular formula is C8H4F2O4. The molecule has 6 heteroatoms. The highest BCUT2D eigenvalue weighted by atomic mass is 19.2. The minimum atomic E-state index is -2.08. The van der Waals surface area contributed by atoms with Gasteiger partial charge in [0.2, 0.25) is 5.75 Å². The van der Waals surface area contributed by atoms with E-state index in [-0.39, 0.29) is 5.75 Å². The van der Waals surface area contributed by atoms with Crippen molar-refractivity contribution < 1.29 is 28.2 Å². The first kappa shape index (κ1) is 8.74. The Morgan fingerprint density at radius 1 is 1.43 bits per heavy atom. The molecule has 4 nitrogen and oxygen atoms in total. The first-order valence-corrected chi connectivity index (χ1v) is 3.63. The van der Waals surface area contributed by atoms with E-state index in [1.165, 1.54) is 0 Å². The number of carboxylic acids is 1. The SMILES string of the molecule is O=C(O)c1ccc2c(c1F)OC(F)O2. The summed E-state index contributed by atoms with van der Waals surface area (Å²) in [6.45, 7) is -2.08. The quantitative estimate of drug-likeness (QED) is 0.750. The number of aromatic carboxylic acids is 1. The molecule has 0 amide bonds. The topological polar surface area (TPSA) is 55.8 Å². The van der Waals surface area contributed by atoms with Crippen LogP contribution in [-0.4, -0.2) is 17.6 Å². The zero-order valence-electron chi connectivity index (χ0n) is 6.66. The summed E-state index contributed by atoms with van der Waals surface area (Å²) in [6.07, 6.45) is 0. The number of rotatable bonds is 1. The van der Waals surface area contributed by atoms with Crippen LogP contribution in [0.5, 0.6) is 11.5 Å². The van der Waals surface area contributed by atoms with Gasteiger partial charge in [-0.3, -0.25) is 0 Å². The lowest BCUT2D eigenvalue weighted by molar-refractivity contribution is -0.0663. The Bertz CT molecular complexity index is 405. The van der Waals surface area contributed by atoms with E-state index in [0.717, 1.165) is 12.1 Å². The molecule has 1 aliphatic rings. The fourth-order valence-electron chi connectivity index (χ4n) is 1.12. The molecule has 1 unspecified atom stereocenters. The fourth-order valence-corrected chi connectivity index (χ4v) is 1.12. The number of hydrogen-bond donors (Lipinski definition) is 1. The monoisotopic (exact) mass is 202 g/mol. The number of ether oxygens (including phenoxy) is 2. The lowest BCUT2D eigenvalue weighted by Crippen LogP contribution is -2.09. The third-order valence-corrected chi connectivity index (χ3v) is 1.72. The average molecular weight is 202 g/mol. The molecule has 2 rings (SSSR count). The van der Waals surface area contributed by atoms with Gasteiger partial charge < -0.3 is 14.6 Å². The maximum Gasteiger partial charge on any atom is 0.397 e. The molecule has 1 aliphatic heterocycles. The molecule has 14 heavy (non-hydrogen) atoms. The van der Waals surface area contributed by atoms with Crippen molar-refractivity contribution in [3.63, 3.8) is 0 Å². The van der Waals surface area contributed by atoms with Crippen molar-refractivity contribution in [2.75, 3.05) is 0 Å². The summed E-state index contributed by atoms with van der Waals surface area (Å²) in [4.78, 5) is 10.5. The van der Waals surface area contributed by atoms with Gasteiger partial charge in [0.25, 0.3) is 0 Å². The number of alkyl halides is 1. The van der Waals surface area contributed by atoms with E-state index in [0.29, 0.717) is 0 Å². The van der Waals surface area contributed by atoms with Crippen molar-refractivity contribution in [1.29, 1.82) is 0 Å². The Balaban J connectivity index is 2.53. The minimum absolute atomic E-state index is 0.139. The van der Waals surface area contributed by atoms with Crippen molar-refractivity contribution in [1.82, 2.24) is 0 Å². The van der Waals surface area contributed by atoms with Crippen LogP contribution in [0.2, 0.25) is 0 Å². The van der Waals surface area contributed by atoms with Crippen LogP contribution in [0.15, 0.2) is 12.1 Å². The Labute approximate surface area is 76.7 Å². The van der Waals surface area contributed by atoms with Crippen LogP contribution < -0.4 is 9.47 Å². The van der Waals surface area contributed by atoms with Crippen molar-refractivity contribution >= 4 is 5.97 Å². The largest absolute Gasteiger partial charge is 0.478 e. The van der Waals surface area contributed by atoms with E-state index in [1.807, 2.05) is 0 Å². The van der Waals surface area contributed by atoms with Crippen LogP contribution in [0, 0.1) is 5.82 Å². The number of halogens is 2. The standard InChI is InChI=1S/C8H4F2O4/c9-5-3(7(11)12)1-2-4-6(5)14-8(10)13-4/h1-2,8H,(H,11,12). The van der Waals surface area contributed by atoms with Gasteiger partial charge in [0.1, 0.15) is 0 Å². The van der Waals surface area contributed by atoms with E-state index in [1.54, 1.807) is 0 Å². The molecule has 0 saturated carbocycles. The highest BCUT2D eigenvalue weighted by molar-refractivity contribution is 5.89. The average Bonchev–Trinajstić information content (AvgIpc) is 2.46. The van der Waals surface area contributed by atoms with E-state index in [9.17, 15) is 13.6 Å². The molecule has 0 fully saturated rings. The number of hydrogen-bond acceptors (Lipinski definition) is 3. The second-order valence-corrected chi connectivity index (χ2v) is 2.57. The van der Waals surface area contributed by atoms with E-state index >= 15 is 0 Å². The zero-order chi connectivity index (χ0) is 10.3. The number of carbonyl (C=O) groups is 1. The van der Waals surface area contributed by atoms with E-state index < -0.39 is 29.6 Å². The molecule has 0 aliphatic carbocycles. The van der Waals surface area contributed by atoms with Crippen molar-refractivity contribution in [2.45, 2.75) is 6.54 Å². The van der Waals surface area contributed by atoms with Crippen LogP contribution in [0.4, 0.5) is 8.78 Å². The number of fused-ring (bicyclic) bond motifs is 1. The van der Waals surface area contributed by atoms with Gasteiger partial charge in [-0.2, -0.15) is 4.39 Å². The lowest BCUT2D eigenvalue weighted by atomic mass is 10.2. The second kappa shape index (κ2) is 2.83. The molecule has 1 N–H and O–H groups in total. The maximum atomic E-state index is 13.2. The number of benzene rings is 1. The molecule has 74 valence electrons. The minimum Gasteiger partial charge on any atom is -0.478 e. The van der Waals surface area contributed by atoms with Crippen molar-refractivity contribution in [3.05, 3.63) is 23.5 Å². The second-order valence-electron chi connectivity index (χ2n) is 2.57.